The fraction of sp³-hybridized carbons (Fsp3) is 0.300. The summed E-state index contributed by atoms with van der Waals surface area (Å²) in [6.45, 7) is 0.244. The molecule has 2 rings (SSSR count). The van der Waals surface area contributed by atoms with Gasteiger partial charge in [-0.2, -0.15) is 0 Å². The summed E-state index contributed by atoms with van der Waals surface area (Å²) in [6.07, 6.45) is 0. The lowest BCUT2D eigenvalue weighted by Crippen LogP contribution is -2.21. The number of H-pyrrole nitrogens is 1. The van der Waals surface area contributed by atoms with E-state index in [2.05, 4.69) is 4.98 Å². The number of nitrogens with two attached hydrogens (primary N) is 1. The van der Waals surface area contributed by atoms with Crippen LogP contribution >= 0.6 is 12.4 Å². The molecular formula is C10H12ClF2N3O2. The molecule has 0 aliphatic carbocycles. The van der Waals surface area contributed by atoms with Gasteiger partial charge in [0.15, 0.2) is 11.6 Å². The second-order valence-electron chi connectivity index (χ2n) is 3.47. The van der Waals surface area contributed by atoms with Crippen LogP contribution in [0.5, 0.6) is 5.75 Å². The summed E-state index contributed by atoms with van der Waals surface area (Å²) < 4.78 is 32.9. The van der Waals surface area contributed by atoms with Crippen LogP contribution in [0, 0.1) is 11.6 Å². The first-order valence-corrected chi connectivity index (χ1v) is 4.94. The minimum absolute atomic E-state index is 0. The first-order valence-electron chi connectivity index (χ1n) is 4.94. The molecule has 0 radical (unpaired) electrons. The molecule has 1 aromatic heterocycles. The lowest BCUT2D eigenvalue weighted by molar-refractivity contribution is 0.411. The van der Waals surface area contributed by atoms with Crippen LogP contribution in [0.4, 0.5) is 8.78 Å². The van der Waals surface area contributed by atoms with Crippen molar-refractivity contribution in [1.29, 1.82) is 0 Å². The van der Waals surface area contributed by atoms with Gasteiger partial charge >= 0.3 is 5.69 Å². The Hall–Kier alpha value is -1.60. The van der Waals surface area contributed by atoms with E-state index in [1.54, 1.807) is 0 Å². The van der Waals surface area contributed by atoms with Crippen molar-refractivity contribution in [3.63, 3.8) is 0 Å². The number of hydrogen-bond acceptors (Lipinski definition) is 3. The lowest BCUT2D eigenvalue weighted by Gasteiger charge is -2.05. The Kier molecular flexibility index (Phi) is 4.31. The van der Waals surface area contributed by atoms with E-state index in [4.69, 9.17) is 10.5 Å². The maximum absolute atomic E-state index is 13.7. The zero-order valence-corrected chi connectivity index (χ0v) is 10.3. The summed E-state index contributed by atoms with van der Waals surface area (Å²) in [7, 11) is 1.31. The molecule has 0 aliphatic heterocycles. The number of halogens is 3. The summed E-state index contributed by atoms with van der Waals surface area (Å²) in [5, 5.41) is 0. The zero-order chi connectivity index (χ0) is 12.6. The molecule has 3 N–H and O–H groups in total. The van der Waals surface area contributed by atoms with Gasteiger partial charge in [-0.25, -0.2) is 13.6 Å². The molecule has 0 atom stereocenters. The number of aromatic amines is 1. The Bertz CT molecular complexity index is 624. The fourth-order valence-corrected chi connectivity index (χ4v) is 1.74. The molecule has 1 heterocycles. The van der Waals surface area contributed by atoms with Crippen LogP contribution < -0.4 is 16.2 Å². The number of nitrogens with zero attached hydrogens (tertiary/aromatic N) is 1. The van der Waals surface area contributed by atoms with E-state index < -0.39 is 17.3 Å². The van der Waals surface area contributed by atoms with Gasteiger partial charge in [0.2, 0.25) is 0 Å². The number of hydrogen-bond donors (Lipinski definition) is 2. The van der Waals surface area contributed by atoms with Crippen LogP contribution in [0.25, 0.3) is 11.0 Å². The summed E-state index contributed by atoms with van der Waals surface area (Å²) in [6, 6.07) is 0.889. The third-order valence-electron chi connectivity index (χ3n) is 2.48. The van der Waals surface area contributed by atoms with Crippen LogP contribution in [0.15, 0.2) is 10.9 Å². The molecule has 2 aromatic rings. The number of nitrogens with one attached hydrogen (secondary N) is 1. The average Bonchev–Trinajstić information content (AvgIpc) is 2.62. The number of rotatable bonds is 3. The first-order chi connectivity index (χ1) is 8.10. The Morgan fingerprint density at radius 2 is 2.17 bits per heavy atom. The van der Waals surface area contributed by atoms with Gasteiger partial charge in [0.25, 0.3) is 0 Å². The predicted octanol–water partition coefficient (Wildman–Crippen LogP) is 0.997. The number of methoxy groups -OCH3 is 1. The molecule has 0 spiro atoms. The van der Waals surface area contributed by atoms with E-state index in [1.807, 2.05) is 0 Å². The molecule has 0 aliphatic rings. The third-order valence-corrected chi connectivity index (χ3v) is 2.48. The second kappa shape index (κ2) is 5.36. The van der Waals surface area contributed by atoms with Crippen LogP contribution in [0.3, 0.4) is 0 Å². The Morgan fingerprint density at radius 3 is 2.72 bits per heavy atom. The molecule has 1 aromatic carbocycles. The molecular weight excluding hydrogens is 268 g/mol. The average molecular weight is 280 g/mol. The Balaban J connectivity index is 0.00000162. The van der Waals surface area contributed by atoms with Crippen molar-refractivity contribution in [1.82, 2.24) is 9.55 Å². The molecule has 0 bridgehead atoms. The number of aromatic nitrogens is 2. The van der Waals surface area contributed by atoms with Crippen LogP contribution in [-0.4, -0.2) is 23.2 Å². The number of ether oxygens (including phenoxy) is 1. The van der Waals surface area contributed by atoms with Crippen LogP contribution in [0.1, 0.15) is 0 Å². The van der Waals surface area contributed by atoms with Crippen molar-refractivity contribution in [2.75, 3.05) is 13.7 Å². The SMILES string of the molecule is COc1cc(F)c(F)c2c1[nH]c(=O)n2CCN.Cl. The van der Waals surface area contributed by atoms with Gasteiger partial charge < -0.3 is 15.5 Å². The van der Waals surface area contributed by atoms with Crippen molar-refractivity contribution in [3.05, 3.63) is 28.2 Å². The van der Waals surface area contributed by atoms with E-state index >= 15 is 0 Å². The van der Waals surface area contributed by atoms with Crippen LogP contribution in [0.2, 0.25) is 0 Å². The van der Waals surface area contributed by atoms with E-state index in [0.717, 1.165) is 10.6 Å². The third kappa shape index (κ3) is 2.06. The smallest absolute Gasteiger partial charge is 0.326 e. The largest absolute Gasteiger partial charge is 0.494 e. The number of fused-ring (bicyclic) bond motifs is 1. The van der Waals surface area contributed by atoms with Crippen molar-refractivity contribution < 1.29 is 13.5 Å². The van der Waals surface area contributed by atoms with Gasteiger partial charge in [-0.05, 0) is 0 Å². The Morgan fingerprint density at radius 1 is 1.50 bits per heavy atom. The molecule has 0 unspecified atom stereocenters. The summed E-state index contributed by atoms with van der Waals surface area (Å²) in [5.41, 5.74) is 4.74. The van der Waals surface area contributed by atoms with Crippen molar-refractivity contribution >= 4 is 23.4 Å². The standard InChI is InChI=1S/C10H11F2N3O2.ClH/c1-17-6-4-5(11)7(12)9-8(6)14-10(16)15(9)3-2-13;/h4H,2-3,13H2,1H3,(H,14,16);1H. The number of imidazole rings is 1. The highest BCUT2D eigenvalue weighted by Crippen LogP contribution is 2.27. The molecule has 5 nitrogen and oxygen atoms in total. The predicted molar refractivity (Wildman–Crippen MR) is 65.3 cm³/mol. The molecule has 0 saturated heterocycles. The minimum Gasteiger partial charge on any atom is -0.494 e. The highest BCUT2D eigenvalue weighted by atomic mass is 35.5. The van der Waals surface area contributed by atoms with Crippen molar-refractivity contribution in [3.8, 4) is 5.75 Å². The lowest BCUT2D eigenvalue weighted by atomic mass is 10.2. The van der Waals surface area contributed by atoms with Gasteiger partial charge in [-0.3, -0.25) is 4.57 Å². The maximum Gasteiger partial charge on any atom is 0.326 e. The molecule has 0 saturated carbocycles. The van der Waals surface area contributed by atoms with Gasteiger partial charge in [0, 0.05) is 19.2 Å². The molecule has 0 fully saturated rings. The summed E-state index contributed by atoms with van der Waals surface area (Å²) in [4.78, 5) is 14.0. The van der Waals surface area contributed by atoms with Gasteiger partial charge in [0.1, 0.15) is 16.8 Å². The molecule has 18 heavy (non-hydrogen) atoms. The summed E-state index contributed by atoms with van der Waals surface area (Å²) >= 11 is 0. The first kappa shape index (κ1) is 14.5. The quantitative estimate of drug-likeness (QED) is 0.880. The zero-order valence-electron chi connectivity index (χ0n) is 9.50. The monoisotopic (exact) mass is 279 g/mol. The molecule has 0 amide bonds. The van der Waals surface area contributed by atoms with Gasteiger partial charge in [0.05, 0.1) is 7.11 Å². The van der Waals surface area contributed by atoms with Gasteiger partial charge in [-0.1, -0.05) is 0 Å². The van der Waals surface area contributed by atoms with Crippen LogP contribution in [-0.2, 0) is 6.54 Å². The van der Waals surface area contributed by atoms with E-state index in [9.17, 15) is 13.6 Å². The Labute approximate surface area is 107 Å². The fourth-order valence-electron chi connectivity index (χ4n) is 1.74. The van der Waals surface area contributed by atoms with Crippen molar-refractivity contribution in [2.45, 2.75) is 6.54 Å². The van der Waals surface area contributed by atoms with Crippen molar-refractivity contribution in [2.24, 2.45) is 5.73 Å². The van der Waals surface area contributed by atoms with E-state index in [1.165, 1.54) is 7.11 Å². The van der Waals surface area contributed by atoms with E-state index in [-0.39, 0.29) is 42.3 Å². The molecule has 100 valence electrons. The topological polar surface area (TPSA) is 73.0 Å². The van der Waals surface area contributed by atoms with Gasteiger partial charge in [-0.15, -0.1) is 12.4 Å². The minimum atomic E-state index is -1.09. The normalized spacial score (nSPS) is 10.4. The molecule has 8 heteroatoms. The number of benzene rings is 1. The highest BCUT2D eigenvalue weighted by Gasteiger charge is 2.19. The highest BCUT2D eigenvalue weighted by molar-refractivity contribution is 5.85. The summed E-state index contributed by atoms with van der Waals surface area (Å²) in [5.74, 6) is -2.08. The van der Waals surface area contributed by atoms with E-state index in [0.29, 0.717) is 0 Å². The second-order valence-corrected chi connectivity index (χ2v) is 3.47. The maximum atomic E-state index is 13.7.